The van der Waals surface area contributed by atoms with Crippen molar-refractivity contribution in [3.05, 3.63) is 94.5 Å². The summed E-state index contributed by atoms with van der Waals surface area (Å²) in [4.78, 5) is 34.4. The van der Waals surface area contributed by atoms with Crippen LogP contribution in [0.2, 0.25) is 5.02 Å². The number of benzene rings is 2. The van der Waals surface area contributed by atoms with Gasteiger partial charge in [-0.15, -0.1) is 0 Å². The highest BCUT2D eigenvalue weighted by molar-refractivity contribution is 6.30. The summed E-state index contributed by atoms with van der Waals surface area (Å²) < 4.78 is 6.48. The third-order valence-corrected chi connectivity index (χ3v) is 18.9. The smallest absolute Gasteiger partial charge is 0.328 e. The molecule has 1 aliphatic heterocycles. The quantitative estimate of drug-likeness (QED) is 0.121. The normalized spacial score (nSPS) is 36.3. The maximum absolute atomic E-state index is 12.8. The van der Waals surface area contributed by atoms with Gasteiger partial charge in [-0.2, -0.15) is 0 Å². The van der Waals surface area contributed by atoms with Gasteiger partial charge in [0, 0.05) is 29.8 Å². The number of aliphatic hydroxyl groups is 2. The molecule has 0 bridgehead atoms. The summed E-state index contributed by atoms with van der Waals surface area (Å²) >= 11 is 6.07. The van der Waals surface area contributed by atoms with E-state index in [1.807, 2.05) is 18.2 Å². The highest BCUT2D eigenvalue weighted by Crippen LogP contribution is 2.75. The van der Waals surface area contributed by atoms with Crippen LogP contribution in [0.4, 0.5) is 0 Å². The molecule has 2 aromatic rings. The van der Waals surface area contributed by atoms with Crippen molar-refractivity contribution in [2.75, 3.05) is 20.2 Å². The Balaban J connectivity index is 0.000000195. The lowest BCUT2D eigenvalue weighted by Gasteiger charge is -2.71. The number of allylic oxidation sites excluding steroid dienone is 2. The predicted octanol–water partition coefficient (Wildman–Crippen LogP) is 11.0. The van der Waals surface area contributed by atoms with Crippen LogP contribution in [0.15, 0.2) is 78.4 Å². The summed E-state index contributed by atoms with van der Waals surface area (Å²) in [5.41, 5.74) is 2.15. The number of hydrogen-bond acceptors (Lipinski definition) is 7. The van der Waals surface area contributed by atoms with Crippen LogP contribution in [0.5, 0.6) is 0 Å². The molecule has 6 aliphatic rings. The summed E-state index contributed by atoms with van der Waals surface area (Å²) in [6.45, 7) is 20.5. The van der Waals surface area contributed by atoms with Crippen molar-refractivity contribution < 1.29 is 44.7 Å². The van der Waals surface area contributed by atoms with Gasteiger partial charge in [0.2, 0.25) is 0 Å². The number of carbonyl (C=O) groups is 3. The van der Waals surface area contributed by atoms with Gasteiger partial charge in [-0.1, -0.05) is 114 Å². The molecule has 1 saturated heterocycles. The van der Waals surface area contributed by atoms with Crippen LogP contribution in [-0.4, -0.2) is 86.8 Å². The van der Waals surface area contributed by atoms with Crippen molar-refractivity contribution in [3.8, 4) is 0 Å². The minimum absolute atomic E-state index is 0.0218. The fourth-order valence-corrected chi connectivity index (χ4v) is 14.6. The molecular weight excluding hydrogens is 854 g/mol. The lowest BCUT2D eigenvalue weighted by atomic mass is 9.33. The number of hydrogen-bond donors (Lipinski definition) is 5. The van der Waals surface area contributed by atoms with Crippen molar-refractivity contribution in [1.29, 1.82) is 0 Å². The van der Waals surface area contributed by atoms with E-state index in [4.69, 9.17) is 26.6 Å². The molecule has 8 rings (SSSR count). The number of nitrogens with zero attached hydrogens (tertiary/aromatic N) is 1. The van der Waals surface area contributed by atoms with Gasteiger partial charge in [0.15, 0.2) is 0 Å². The van der Waals surface area contributed by atoms with Crippen LogP contribution < -0.4 is 0 Å². The Morgan fingerprint density at radius 2 is 1.41 bits per heavy atom. The van der Waals surface area contributed by atoms with E-state index in [1.165, 1.54) is 30.5 Å². The Morgan fingerprint density at radius 3 is 1.98 bits per heavy atom. The number of aliphatic hydroxyl groups excluding tert-OH is 2. The number of carboxylic acid groups (broad SMARTS) is 3. The fraction of sp³-hybridized carbons (Fsp3) is 0.655. The standard InChI is InChI=1S/C30H48O4.C21H26ClNO.C4H4O4/c1-25(2)14-15-30(24(33)34)19(16-25)18-8-9-21-27(5)12-11-22(31)26(3,4)20(27)10-13-28(21,6)29(18,7)17-23(30)32;1-21(17-7-4-3-5-8-17,18-10-12-19(22)13-11-18)24-16-14-20-9-6-15-23(20)2;5-3(6)1-2-4(7)8/h8,19-23,31-32H,9-17H2,1-7H3,(H,33,34);3-5,7-8,10-13,20H,6,9,14-16H2,1-2H3;1-2H,(H,5,6)(H,7,8). The first-order valence-electron chi connectivity index (χ1n) is 24.4. The second-order valence-corrected chi connectivity index (χ2v) is 23.4. The summed E-state index contributed by atoms with van der Waals surface area (Å²) in [5.74, 6) is -2.43. The van der Waals surface area contributed by atoms with Gasteiger partial charge >= 0.3 is 17.9 Å². The SMILES string of the molecule is CC1(C)CCC2(C(=O)O)C(O)CC3(C)C(=CCC4C5(C)CCC(O)C(C)(C)C5CCC43C)C2C1.CN1CCCC1CCOC(C)(c1ccccc1)c1ccc(Cl)cc1.O=C(O)C=CC(=O)O. The Bertz CT molecular complexity index is 2100. The van der Waals surface area contributed by atoms with Crippen molar-refractivity contribution in [2.24, 2.45) is 50.2 Å². The third-order valence-electron chi connectivity index (χ3n) is 18.7. The van der Waals surface area contributed by atoms with Crippen LogP contribution >= 0.6 is 11.6 Å². The van der Waals surface area contributed by atoms with Crippen molar-refractivity contribution in [3.63, 3.8) is 0 Å². The molecule has 11 heteroatoms. The molecule has 11 unspecified atom stereocenters. The molecule has 2 aromatic carbocycles. The Morgan fingerprint density at radius 1 is 0.788 bits per heavy atom. The van der Waals surface area contributed by atoms with Crippen LogP contribution in [0, 0.1) is 50.2 Å². The lowest BCUT2D eigenvalue weighted by Crippen LogP contribution is -2.67. The molecule has 0 radical (unpaired) electrons. The summed E-state index contributed by atoms with van der Waals surface area (Å²) in [6.07, 6.45) is 14.1. The molecule has 5 aliphatic carbocycles. The van der Waals surface area contributed by atoms with Crippen LogP contribution in [-0.2, 0) is 24.7 Å². The number of fused-ring (bicyclic) bond motifs is 7. The molecule has 11 atom stereocenters. The highest BCUT2D eigenvalue weighted by atomic mass is 35.5. The first-order chi connectivity index (χ1) is 30.8. The summed E-state index contributed by atoms with van der Waals surface area (Å²) in [7, 11) is 2.22. The van der Waals surface area contributed by atoms with Gasteiger partial charge in [-0.25, -0.2) is 9.59 Å². The minimum atomic E-state index is -1.26. The second kappa shape index (κ2) is 19.5. The van der Waals surface area contributed by atoms with Gasteiger partial charge in [-0.3, -0.25) is 4.79 Å². The molecule has 5 N–H and O–H groups in total. The zero-order valence-electron chi connectivity index (χ0n) is 41.0. The summed E-state index contributed by atoms with van der Waals surface area (Å²) in [6, 6.07) is 19.1. The van der Waals surface area contributed by atoms with Gasteiger partial charge in [0.1, 0.15) is 11.0 Å². The number of aliphatic carboxylic acids is 3. The van der Waals surface area contributed by atoms with E-state index >= 15 is 0 Å². The second-order valence-electron chi connectivity index (χ2n) is 23.0. The van der Waals surface area contributed by atoms with E-state index < -0.39 is 35.0 Å². The van der Waals surface area contributed by atoms with E-state index in [0.717, 1.165) is 68.6 Å². The van der Waals surface area contributed by atoms with Gasteiger partial charge in [0.05, 0.1) is 12.2 Å². The average molecular weight is 933 g/mol. The largest absolute Gasteiger partial charge is 0.481 e. The Kier molecular flexibility index (Phi) is 15.3. The van der Waals surface area contributed by atoms with E-state index in [0.29, 0.717) is 42.9 Å². The molecular formula is C55H78ClNO9. The molecule has 0 aromatic heterocycles. The zero-order valence-corrected chi connectivity index (χ0v) is 41.7. The maximum atomic E-state index is 12.8. The Labute approximate surface area is 398 Å². The summed E-state index contributed by atoms with van der Waals surface area (Å²) in [5, 5.41) is 49.4. The molecule has 5 fully saturated rings. The van der Waals surface area contributed by atoms with Crippen LogP contribution in [0.1, 0.15) is 144 Å². The van der Waals surface area contributed by atoms with Crippen molar-refractivity contribution >= 4 is 29.5 Å². The van der Waals surface area contributed by atoms with Crippen LogP contribution in [0.3, 0.4) is 0 Å². The van der Waals surface area contributed by atoms with Gasteiger partial charge in [-0.05, 0) is 166 Å². The third kappa shape index (κ3) is 9.57. The van der Waals surface area contributed by atoms with Gasteiger partial charge < -0.3 is 35.2 Å². The number of carboxylic acids is 3. The highest BCUT2D eigenvalue weighted by Gasteiger charge is 2.71. The number of ether oxygens (including phenoxy) is 1. The van der Waals surface area contributed by atoms with E-state index in [-0.39, 0.29) is 39.1 Å². The Hall–Kier alpha value is -3.54. The fourth-order valence-electron chi connectivity index (χ4n) is 14.5. The first-order valence-corrected chi connectivity index (χ1v) is 24.8. The van der Waals surface area contributed by atoms with E-state index in [1.54, 1.807) is 0 Å². The maximum Gasteiger partial charge on any atom is 0.328 e. The van der Waals surface area contributed by atoms with Gasteiger partial charge in [0.25, 0.3) is 0 Å². The average Bonchev–Trinajstić information content (AvgIpc) is 3.66. The predicted molar refractivity (Wildman–Crippen MR) is 259 cm³/mol. The van der Waals surface area contributed by atoms with Crippen molar-refractivity contribution in [1.82, 2.24) is 4.90 Å². The number of halogens is 1. The van der Waals surface area contributed by atoms with Crippen molar-refractivity contribution in [2.45, 2.75) is 156 Å². The number of rotatable bonds is 9. The van der Waals surface area contributed by atoms with Crippen LogP contribution in [0.25, 0.3) is 0 Å². The van der Waals surface area contributed by atoms with E-state index in [9.17, 15) is 29.7 Å². The molecule has 364 valence electrons. The zero-order chi connectivity index (χ0) is 48.7. The minimum Gasteiger partial charge on any atom is -0.481 e. The molecule has 0 amide bonds. The lowest BCUT2D eigenvalue weighted by molar-refractivity contribution is -0.218. The topological polar surface area (TPSA) is 165 Å². The molecule has 0 spiro atoms. The molecule has 1 heterocycles. The molecule has 66 heavy (non-hydrogen) atoms. The van der Waals surface area contributed by atoms with E-state index in [2.05, 4.69) is 110 Å². The first kappa shape index (κ1) is 51.8. The number of likely N-dealkylation sites (tertiary alicyclic amines) is 1. The molecule has 4 saturated carbocycles. The monoisotopic (exact) mass is 932 g/mol. The molecule has 10 nitrogen and oxygen atoms in total.